The van der Waals surface area contributed by atoms with Crippen molar-refractivity contribution in [2.45, 2.75) is 26.4 Å². The van der Waals surface area contributed by atoms with E-state index in [1.165, 1.54) is 10.9 Å². The van der Waals surface area contributed by atoms with E-state index in [0.29, 0.717) is 18.9 Å². The lowest BCUT2D eigenvalue weighted by Gasteiger charge is -2.15. The average Bonchev–Trinajstić information content (AvgIpc) is 2.35. The zero-order chi connectivity index (χ0) is 13.5. The maximum absolute atomic E-state index is 12.0. The summed E-state index contributed by atoms with van der Waals surface area (Å²) in [5.74, 6) is 2.36. The molecule has 0 bridgehead atoms. The molecule has 5 nitrogen and oxygen atoms in total. The fourth-order valence-corrected chi connectivity index (χ4v) is 1.56. The Labute approximate surface area is 111 Å². The number of nitrogens with zero attached hydrogens (tertiary/aromatic N) is 2. The standard InChI is InChI=1S/C12H16ClN3O2/c1-4-6-16-12(17)11(10(13)7-14-16)15-9(3)8-18-5-2/h1,7,9,15H,5-6,8H2,2-3H3. The normalized spacial score (nSPS) is 11.9. The lowest BCUT2D eigenvalue weighted by Crippen LogP contribution is -2.30. The van der Waals surface area contributed by atoms with Gasteiger partial charge in [0.1, 0.15) is 12.2 Å². The van der Waals surface area contributed by atoms with E-state index in [1.807, 2.05) is 13.8 Å². The molecule has 1 aromatic heterocycles. The van der Waals surface area contributed by atoms with E-state index in [1.54, 1.807) is 0 Å². The van der Waals surface area contributed by atoms with Crippen molar-refractivity contribution in [2.75, 3.05) is 18.5 Å². The Morgan fingerprint density at radius 2 is 2.44 bits per heavy atom. The van der Waals surface area contributed by atoms with Gasteiger partial charge in [-0.2, -0.15) is 5.10 Å². The molecule has 1 N–H and O–H groups in total. The predicted octanol–water partition coefficient (Wildman–Crippen LogP) is 1.37. The summed E-state index contributed by atoms with van der Waals surface area (Å²) in [5, 5.41) is 7.14. The molecule has 6 heteroatoms. The van der Waals surface area contributed by atoms with E-state index >= 15 is 0 Å². The van der Waals surface area contributed by atoms with Gasteiger partial charge in [0.05, 0.1) is 17.8 Å². The molecule has 98 valence electrons. The number of nitrogens with one attached hydrogen (secondary N) is 1. The van der Waals surface area contributed by atoms with Gasteiger partial charge in [-0.25, -0.2) is 4.68 Å². The Hall–Kier alpha value is -1.51. The van der Waals surface area contributed by atoms with Crippen LogP contribution in [0.15, 0.2) is 11.0 Å². The van der Waals surface area contributed by atoms with Crippen LogP contribution in [0, 0.1) is 12.3 Å². The first-order chi connectivity index (χ1) is 8.60. The van der Waals surface area contributed by atoms with Gasteiger partial charge in [0, 0.05) is 12.6 Å². The molecule has 0 aliphatic rings. The smallest absolute Gasteiger partial charge is 0.292 e. The Morgan fingerprint density at radius 1 is 1.72 bits per heavy atom. The van der Waals surface area contributed by atoms with Crippen LogP contribution in [0.3, 0.4) is 0 Å². The second-order valence-corrected chi connectivity index (χ2v) is 4.15. The van der Waals surface area contributed by atoms with Gasteiger partial charge in [-0.05, 0) is 13.8 Å². The highest BCUT2D eigenvalue weighted by Crippen LogP contribution is 2.15. The number of ether oxygens (including phenoxy) is 1. The minimum absolute atomic E-state index is 0.0307. The number of anilines is 1. The molecule has 1 atom stereocenters. The lowest BCUT2D eigenvalue weighted by atomic mass is 10.3. The van der Waals surface area contributed by atoms with Crippen molar-refractivity contribution in [2.24, 2.45) is 0 Å². The zero-order valence-electron chi connectivity index (χ0n) is 10.4. The molecular weight excluding hydrogens is 254 g/mol. The third kappa shape index (κ3) is 3.76. The molecule has 0 aliphatic carbocycles. The summed E-state index contributed by atoms with van der Waals surface area (Å²) < 4.78 is 6.44. The number of rotatable bonds is 6. The van der Waals surface area contributed by atoms with Crippen LogP contribution < -0.4 is 10.9 Å². The molecular formula is C12H16ClN3O2. The van der Waals surface area contributed by atoms with Crippen LogP contribution in [0.2, 0.25) is 5.02 Å². The van der Waals surface area contributed by atoms with Gasteiger partial charge in [0.2, 0.25) is 0 Å². The second-order valence-electron chi connectivity index (χ2n) is 3.74. The third-order valence-electron chi connectivity index (χ3n) is 2.20. The molecule has 0 spiro atoms. The monoisotopic (exact) mass is 269 g/mol. The highest BCUT2D eigenvalue weighted by molar-refractivity contribution is 6.33. The average molecular weight is 270 g/mol. The summed E-state index contributed by atoms with van der Waals surface area (Å²) in [4.78, 5) is 12.0. The number of hydrogen-bond acceptors (Lipinski definition) is 4. The van der Waals surface area contributed by atoms with Crippen LogP contribution in [0.1, 0.15) is 13.8 Å². The van der Waals surface area contributed by atoms with Gasteiger partial charge in [0.15, 0.2) is 0 Å². The molecule has 18 heavy (non-hydrogen) atoms. The van der Waals surface area contributed by atoms with Crippen LogP contribution in [-0.4, -0.2) is 29.0 Å². The van der Waals surface area contributed by atoms with E-state index in [-0.39, 0.29) is 23.2 Å². The van der Waals surface area contributed by atoms with Gasteiger partial charge in [-0.1, -0.05) is 17.5 Å². The summed E-state index contributed by atoms with van der Waals surface area (Å²) in [7, 11) is 0. The molecule has 1 heterocycles. The number of aromatic nitrogens is 2. The third-order valence-corrected chi connectivity index (χ3v) is 2.49. The molecule has 1 unspecified atom stereocenters. The molecule has 1 rings (SSSR count). The summed E-state index contributed by atoms with van der Waals surface area (Å²) >= 11 is 5.95. The van der Waals surface area contributed by atoms with Crippen molar-refractivity contribution in [3.8, 4) is 12.3 Å². The second kappa shape index (κ2) is 7.04. The van der Waals surface area contributed by atoms with Gasteiger partial charge >= 0.3 is 0 Å². The fraction of sp³-hybridized carbons (Fsp3) is 0.500. The topological polar surface area (TPSA) is 56.1 Å². The molecule has 0 radical (unpaired) electrons. The van der Waals surface area contributed by atoms with E-state index in [0.717, 1.165) is 0 Å². The van der Waals surface area contributed by atoms with Gasteiger partial charge in [0.25, 0.3) is 5.56 Å². The summed E-state index contributed by atoms with van der Waals surface area (Å²) in [5.41, 5.74) is -0.0297. The highest BCUT2D eigenvalue weighted by Gasteiger charge is 2.12. The summed E-state index contributed by atoms with van der Waals surface area (Å²) in [6.45, 7) is 5.04. The molecule has 0 aromatic carbocycles. The van der Waals surface area contributed by atoms with E-state index in [4.69, 9.17) is 22.8 Å². The summed E-state index contributed by atoms with van der Waals surface area (Å²) in [6, 6.07) is -0.0307. The van der Waals surface area contributed by atoms with Crippen molar-refractivity contribution in [3.05, 3.63) is 21.6 Å². The van der Waals surface area contributed by atoms with Crippen LogP contribution >= 0.6 is 11.6 Å². The number of halogens is 1. The van der Waals surface area contributed by atoms with Crippen molar-refractivity contribution in [1.29, 1.82) is 0 Å². The van der Waals surface area contributed by atoms with Crippen LogP contribution in [0.5, 0.6) is 0 Å². The molecule has 0 saturated carbocycles. The molecule has 0 amide bonds. The zero-order valence-corrected chi connectivity index (χ0v) is 11.2. The van der Waals surface area contributed by atoms with Crippen molar-refractivity contribution in [3.63, 3.8) is 0 Å². The van der Waals surface area contributed by atoms with Crippen molar-refractivity contribution in [1.82, 2.24) is 9.78 Å². The minimum atomic E-state index is -0.330. The Balaban J connectivity index is 2.91. The van der Waals surface area contributed by atoms with Gasteiger partial charge in [-0.3, -0.25) is 4.79 Å². The Kier molecular flexibility index (Phi) is 5.69. The first kappa shape index (κ1) is 14.6. The summed E-state index contributed by atoms with van der Waals surface area (Å²) in [6.07, 6.45) is 6.56. The first-order valence-corrected chi connectivity index (χ1v) is 6.01. The van der Waals surface area contributed by atoms with Crippen LogP contribution in [0.25, 0.3) is 0 Å². The van der Waals surface area contributed by atoms with E-state index in [9.17, 15) is 4.79 Å². The molecule has 0 aliphatic heterocycles. The number of terminal acetylenes is 1. The molecule has 0 saturated heterocycles. The van der Waals surface area contributed by atoms with Crippen molar-refractivity contribution >= 4 is 17.3 Å². The maximum atomic E-state index is 12.0. The highest BCUT2D eigenvalue weighted by atomic mass is 35.5. The molecule has 0 fully saturated rings. The van der Waals surface area contributed by atoms with Crippen molar-refractivity contribution < 1.29 is 4.74 Å². The van der Waals surface area contributed by atoms with Crippen LogP contribution in [-0.2, 0) is 11.3 Å². The largest absolute Gasteiger partial charge is 0.380 e. The Bertz CT molecular complexity index is 493. The maximum Gasteiger partial charge on any atom is 0.292 e. The fourth-order valence-electron chi connectivity index (χ4n) is 1.38. The quantitative estimate of drug-likeness (QED) is 0.793. The van der Waals surface area contributed by atoms with E-state index in [2.05, 4.69) is 16.3 Å². The minimum Gasteiger partial charge on any atom is -0.380 e. The Morgan fingerprint density at radius 3 is 3.06 bits per heavy atom. The van der Waals surface area contributed by atoms with Gasteiger partial charge in [-0.15, -0.1) is 6.42 Å². The molecule has 1 aromatic rings. The van der Waals surface area contributed by atoms with E-state index < -0.39 is 0 Å². The predicted molar refractivity (Wildman–Crippen MR) is 71.9 cm³/mol. The van der Waals surface area contributed by atoms with Crippen LogP contribution in [0.4, 0.5) is 5.69 Å². The van der Waals surface area contributed by atoms with Gasteiger partial charge < -0.3 is 10.1 Å². The first-order valence-electron chi connectivity index (χ1n) is 5.63. The SMILES string of the molecule is C#CCn1ncc(Cl)c(NC(C)COCC)c1=O. The lowest BCUT2D eigenvalue weighted by molar-refractivity contribution is 0.141. The number of hydrogen-bond donors (Lipinski definition) is 1.